The molecule has 0 aromatic heterocycles. The number of alkyl carbamates (subject to hydrolysis) is 1. The summed E-state index contributed by atoms with van der Waals surface area (Å²) in [7, 11) is 0. The number of nitrogens with zero attached hydrogens (tertiary/aromatic N) is 3. The van der Waals surface area contributed by atoms with Crippen molar-refractivity contribution in [2.45, 2.75) is 76.8 Å². The highest BCUT2D eigenvalue weighted by Gasteiger charge is 2.41. The zero-order chi connectivity index (χ0) is 33.4. The molecular weight excluding hydrogens is 599 g/mol. The normalized spacial score (nSPS) is 19.3. The van der Waals surface area contributed by atoms with Crippen LogP contribution in [0, 0.1) is 5.82 Å². The van der Waals surface area contributed by atoms with Crippen LogP contribution in [0.15, 0.2) is 59.6 Å². The van der Waals surface area contributed by atoms with Crippen LogP contribution in [-0.2, 0) is 30.5 Å². The molecule has 14 heteroatoms. The molecule has 13 nitrogen and oxygen atoms in total. The van der Waals surface area contributed by atoms with Gasteiger partial charge in [-0.3, -0.25) is 19.3 Å². The lowest BCUT2D eigenvalue weighted by Gasteiger charge is -2.33. The lowest BCUT2D eigenvalue weighted by Crippen LogP contribution is -2.58. The van der Waals surface area contributed by atoms with Gasteiger partial charge in [0, 0.05) is 13.1 Å². The van der Waals surface area contributed by atoms with Gasteiger partial charge in [0.25, 0.3) is 11.8 Å². The van der Waals surface area contributed by atoms with Crippen molar-refractivity contribution in [3.8, 4) is 0 Å². The van der Waals surface area contributed by atoms with Crippen LogP contribution in [0.5, 0.6) is 0 Å². The molecule has 246 valence electrons. The quantitative estimate of drug-likeness (QED) is 0.307. The molecule has 46 heavy (non-hydrogen) atoms. The second kappa shape index (κ2) is 14.8. The van der Waals surface area contributed by atoms with Gasteiger partial charge < -0.3 is 30.7 Å². The molecule has 0 spiro atoms. The van der Waals surface area contributed by atoms with Crippen molar-refractivity contribution < 1.29 is 37.8 Å². The SMILES string of the molecule is CC(C)(C)OC(=O)N[C@@H](C(=O)N1CCC[C@H]1C(=O)N[C@H]1CCCN(/C(N)=N/C(=O)OCc2ccccc2)C1=O)c1ccc(F)cc1. The van der Waals surface area contributed by atoms with Gasteiger partial charge in [-0.2, -0.15) is 0 Å². The molecule has 0 unspecified atom stereocenters. The van der Waals surface area contributed by atoms with E-state index < -0.39 is 59.5 Å². The Bertz CT molecular complexity index is 1460. The van der Waals surface area contributed by atoms with Crippen LogP contribution in [-0.4, -0.2) is 76.4 Å². The molecule has 0 radical (unpaired) electrons. The summed E-state index contributed by atoms with van der Waals surface area (Å²) >= 11 is 0. The van der Waals surface area contributed by atoms with E-state index in [4.69, 9.17) is 15.2 Å². The van der Waals surface area contributed by atoms with Crippen molar-refractivity contribution in [1.29, 1.82) is 0 Å². The first-order chi connectivity index (χ1) is 21.8. The Hall–Kier alpha value is -5.01. The Morgan fingerprint density at radius 2 is 1.70 bits per heavy atom. The smallest absolute Gasteiger partial charge is 0.437 e. The largest absolute Gasteiger partial charge is 0.444 e. The monoisotopic (exact) mass is 638 g/mol. The molecule has 2 aliphatic rings. The maximum Gasteiger partial charge on any atom is 0.437 e. The van der Waals surface area contributed by atoms with Crippen molar-refractivity contribution in [3.63, 3.8) is 0 Å². The number of likely N-dealkylation sites (tertiary alicyclic amines) is 2. The Kier molecular flexibility index (Phi) is 10.9. The first-order valence-electron chi connectivity index (χ1n) is 15.0. The maximum absolute atomic E-state index is 13.8. The zero-order valence-corrected chi connectivity index (χ0v) is 26.0. The van der Waals surface area contributed by atoms with Gasteiger partial charge in [-0.05, 0) is 69.7 Å². The number of carbonyl (C=O) groups excluding carboxylic acids is 5. The second-order valence-corrected chi connectivity index (χ2v) is 12.0. The highest BCUT2D eigenvalue weighted by molar-refractivity contribution is 6.03. The van der Waals surface area contributed by atoms with Crippen LogP contribution in [0.25, 0.3) is 0 Å². The van der Waals surface area contributed by atoms with Gasteiger partial charge in [-0.25, -0.2) is 14.0 Å². The fourth-order valence-electron chi connectivity index (χ4n) is 5.25. The van der Waals surface area contributed by atoms with E-state index in [9.17, 15) is 28.4 Å². The minimum Gasteiger partial charge on any atom is -0.444 e. The van der Waals surface area contributed by atoms with E-state index in [0.717, 1.165) is 10.5 Å². The van der Waals surface area contributed by atoms with Gasteiger partial charge in [0.2, 0.25) is 11.9 Å². The number of guanidine groups is 1. The molecule has 2 saturated heterocycles. The zero-order valence-electron chi connectivity index (χ0n) is 26.0. The number of carbonyl (C=O) groups is 5. The number of benzene rings is 2. The Labute approximate surface area is 266 Å². The molecule has 2 aromatic carbocycles. The Morgan fingerprint density at radius 1 is 1.02 bits per heavy atom. The van der Waals surface area contributed by atoms with Crippen molar-refractivity contribution in [2.24, 2.45) is 10.7 Å². The van der Waals surface area contributed by atoms with E-state index in [2.05, 4.69) is 15.6 Å². The predicted octanol–water partition coefficient (Wildman–Crippen LogP) is 3.14. The molecule has 3 atom stereocenters. The summed E-state index contributed by atoms with van der Waals surface area (Å²) in [5.74, 6) is -2.57. The van der Waals surface area contributed by atoms with E-state index in [-0.39, 0.29) is 25.7 Å². The Morgan fingerprint density at radius 3 is 2.37 bits per heavy atom. The van der Waals surface area contributed by atoms with Crippen LogP contribution >= 0.6 is 0 Å². The van der Waals surface area contributed by atoms with Crippen molar-refractivity contribution in [1.82, 2.24) is 20.4 Å². The van der Waals surface area contributed by atoms with E-state index in [1.807, 2.05) is 6.07 Å². The second-order valence-electron chi connectivity index (χ2n) is 12.0. The van der Waals surface area contributed by atoms with Gasteiger partial charge >= 0.3 is 12.2 Å². The fraction of sp³-hybridized carbons (Fsp3) is 0.438. The summed E-state index contributed by atoms with van der Waals surface area (Å²) in [5.41, 5.74) is 6.20. The number of halogens is 1. The van der Waals surface area contributed by atoms with E-state index >= 15 is 0 Å². The molecule has 2 heterocycles. The van der Waals surface area contributed by atoms with Crippen molar-refractivity contribution >= 4 is 35.9 Å². The van der Waals surface area contributed by atoms with Crippen LogP contribution in [0.3, 0.4) is 0 Å². The molecule has 0 saturated carbocycles. The standard InChI is InChI=1S/C32H39FN6O7/c1-32(2,3)46-31(44)36-25(21-13-15-22(33)16-14-21)28(42)38-17-8-12-24(38)26(40)35-23-11-7-18-39(27(23)41)29(34)37-30(43)45-19-20-9-5-4-6-10-20/h4-6,9-10,13-16,23-25H,7-8,11-12,17-19H2,1-3H3,(H,35,40)(H,36,44)(H2,34,37,43)/t23-,24-,25+/m0/s1. The Balaban J connectivity index is 1.42. The number of hydrogen-bond donors (Lipinski definition) is 3. The number of rotatable bonds is 7. The number of piperidine rings is 1. The van der Waals surface area contributed by atoms with E-state index in [1.54, 1.807) is 45.0 Å². The molecule has 4 rings (SSSR count). The fourth-order valence-corrected chi connectivity index (χ4v) is 5.25. The highest BCUT2D eigenvalue weighted by Crippen LogP contribution is 2.25. The summed E-state index contributed by atoms with van der Waals surface area (Å²) in [6, 6.07) is 10.9. The third-order valence-electron chi connectivity index (χ3n) is 7.39. The predicted molar refractivity (Wildman–Crippen MR) is 164 cm³/mol. The molecule has 2 aromatic rings. The third kappa shape index (κ3) is 9.02. The summed E-state index contributed by atoms with van der Waals surface area (Å²) < 4.78 is 24.1. The summed E-state index contributed by atoms with van der Waals surface area (Å²) in [4.78, 5) is 71.6. The van der Waals surface area contributed by atoms with Crippen molar-refractivity contribution in [2.75, 3.05) is 13.1 Å². The minimum atomic E-state index is -1.26. The number of ether oxygens (including phenoxy) is 2. The minimum absolute atomic E-state index is 0.0188. The van der Waals surface area contributed by atoms with Gasteiger partial charge in [0.15, 0.2) is 0 Å². The van der Waals surface area contributed by atoms with Crippen LogP contribution in [0.2, 0.25) is 0 Å². The van der Waals surface area contributed by atoms with Crippen LogP contribution < -0.4 is 16.4 Å². The van der Waals surface area contributed by atoms with Crippen molar-refractivity contribution in [3.05, 3.63) is 71.5 Å². The van der Waals surface area contributed by atoms with Gasteiger partial charge in [-0.1, -0.05) is 42.5 Å². The third-order valence-corrected chi connectivity index (χ3v) is 7.39. The van der Waals surface area contributed by atoms with Gasteiger partial charge in [-0.15, -0.1) is 4.99 Å². The van der Waals surface area contributed by atoms with E-state index in [0.29, 0.717) is 31.2 Å². The molecule has 0 aliphatic carbocycles. The topological polar surface area (TPSA) is 173 Å². The van der Waals surface area contributed by atoms with Gasteiger partial charge in [0.05, 0.1) is 0 Å². The number of nitrogens with two attached hydrogens (primary N) is 1. The molecular formula is C32H39FN6O7. The number of hydrogen-bond acceptors (Lipinski definition) is 7. The number of nitrogens with one attached hydrogen (secondary N) is 2. The van der Waals surface area contributed by atoms with Gasteiger partial charge in [0.1, 0.15) is 36.2 Å². The molecule has 2 fully saturated rings. The highest BCUT2D eigenvalue weighted by atomic mass is 19.1. The maximum atomic E-state index is 13.8. The summed E-state index contributed by atoms with van der Waals surface area (Å²) in [6.45, 7) is 5.41. The molecule has 4 N–H and O–H groups in total. The molecule has 2 aliphatic heterocycles. The number of aliphatic imine (C=N–C) groups is 1. The number of amides is 5. The first-order valence-corrected chi connectivity index (χ1v) is 15.0. The van der Waals surface area contributed by atoms with Crippen LogP contribution in [0.1, 0.15) is 63.6 Å². The molecule has 5 amide bonds. The van der Waals surface area contributed by atoms with E-state index in [1.165, 1.54) is 29.2 Å². The summed E-state index contributed by atoms with van der Waals surface area (Å²) in [5, 5.41) is 5.28. The lowest BCUT2D eigenvalue weighted by molar-refractivity contribution is -0.142. The summed E-state index contributed by atoms with van der Waals surface area (Å²) in [6.07, 6.45) is -0.219. The lowest BCUT2D eigenvalue weighted by atomic mass is 10.0. The first kappa shape index (κ1) is 33.9. The average molecular weight is 639 g/mol. The van der Waals surface area contributed by atoms with Crippen LogP contribution in [0.4, 0.5) is 14.0 Å². The molecule has 0 bridgehead atoms. The average Bonchev–Trinajstić information content (AvgIpc) is 3.50.